The molecule has 1 heterocycles. The van der Waals surface area contributed by atoms with Gasteiger partial charge in [0.2, 0.25) is 0 Å². The maximum atomic E-state index is 11.5. The predicted molar refractivity (Wildman–Crippen MR) is 53.3 cm³/mol. The van der Waals surface area contributed by atoms with Crippen LogP contribution < -0.4 is 0 Å². The van der Waals surface area contributed by atoms with Gasteiger partial charge in [0.1, 0.15) is 9.92 Å². The topological polar surface area (TPSA) is 81.5 Å². The molecule has 82 valence electrons. The molecule has 1 rings (SSSR count). The third kappa shape index (κ3) is 2.45. The summed E-state index contributed by atoms with van der Waals surface area (Å²) < 4.78 is 20.5. The molecule has 2 N–H and O–H groups in total. The van der Waals surface area contributed by atoms with Crippen molar-refractivity contribution in [1.29, 1.82) is 4.78 Å². The Kier molecular flexibility index (Phi) is 3.16. The van der Waals surface area contributed by atoms with Crippen molar-refractivity contribution in [3.05, 3.63) is 0 Å². The highest BCUT2D eigenvalue weighted by atomic mass is 32.2. The van der Waals surface area contributed by atoms with Gasteiger partial charge >= 0.3 is 5.97 Å². The number of carboxylic acid groups (broad SMARTS) is 1. The molecule has 0 aromatic carbocycles. The summed E-state index contributed by atoms with van der Waals surface area (Å²) in [6.07, 6.45) is 2.35. The maximum absolute atomic E-state index is 11.5. The number of nitrogens with one attached hydrogen (secondary N) is 1. The smallest absolute Gasteiger partial charge is 0.306 e. The molecule has 3 unspecified atom stereocenters. The van der Waals surface area contributed by atoms with Crippen LogP contribution in [0.15, 0.2) is 0 Å². The van der Waals surface area contributed by atoms with Crippen molar-refractivity contribution in [2.75, 3.05) is 12.8 Å². The lowest BCUT2D eigenvalue weighted by atomic mass is 9.93. The van der Waals surface area contributed by atoms with Crippen molar-refractivity contribution in [2.24, 2.45) is 5.92 Å². The van der Waals surface area contributed by atoms with Crippen molar-refractivity contribution in [3.63, 3.8) is 0 Å². The highest BCUT2D eigenvalue weighted by Crippen LogP contribution is 2.24. The Balaban J connectivity index is 2.70. The molecule has 3 atom stereocenters. The fourth-order valence-electron chi connectivity index (χ4n) is 1.89. The summed E-state index contributed by atoms with van der Waals surface area (Å²) in [4.78, 5) is 10.7. The summed E-state index contributed by atoms with van der Waals surface area (Å²) in [6, 6.07) is -0.0835. The van der Waals surface area contributed by atoms with E-state index < -0.39 is 15.9 Å². The number of aliphatic carboxylic acids is 1. The third-order valence-electron chi connectivity index (χ3n) is 2.61. The van der Waals surface area contributed by atoms with Gasteiger partial charge in [-0.25, -0.2) is 13.3 Å². The highest BCUT2D eigenvalue weighted by molar-refractivity contribution is 7.89. The summed E-state index contributed by atoms with van der Waals surface area (Å²) in [5.41, 5.74) is 0. The van der Waals surface area contributed by atoms with E-state index in [2.05, 4.69) is 0 Å². The number of piperidine rings is 1. The Hall–Kier alpha value is -0.620. The average Bonchev–Trinajstić information content (AvgIpc) is 2.01. The standard InChI is InChI=1S/C8H16N2O3S/c1-6-5-7(8(11)12)3-4-10(6)14(2,9)13/h6-7,9H,3-5H2,1-2H3,(H,11,12). The minimum Gasteiger partial charge on any atom is -0.481 e. The van der Waals surface area contributed by atoms with E-state index >= 15 is 0 Å². The first-order chi connectivity index (χ1) is 6.32. The van der Waals surface area contributed by atoms with Crippen LogP contribution in [0, 0.1) is 10.7 Å². The zero-order valence-corrected chi connectivity index (χ0v) is 9.21. The molecule has 1 aliphatic rings. The van der Waals surface area contributed by atoms with E-state index in [9.17, 15) is 9.00 Å². The second-order valence-electron chi connectivity index (χ2n) is 3.85. The second kappa shape index (κ2) is 3.86. The molecule has 0 spiro atoms. The van der Waals surface area contributed by atoms with Crippen LogP contribution in [0.5, 0.6) is 0 Å². The Morgan fingerprint density at radius 2 is 2.21 bits per heavy atom. The first-order valence-corrected chi connectivity index (χ1v) is 6.48. The van der Waals surface area contributed by atoms with E-state index in [1.165, 1.54) is 6.26 Å². The van der Waals surface area contributed by atoms with Crippen LogP contribution in [0.4, 0.5) is 0 Å². The quantitative estimate of drug-likeness (QED) is 0.721. The normalized spacial score (nSPS) is 33.6. The Labute approximate surface area is 84.2 Å². The Morgan fingerprint density at radius 1 is 1.64 bits per heavy atom. The third-order valence-corrected chi connectivity index (χ3v) is 4.05. The molecule has 1 fully saturated rings. The summed E-state index contributed by atoms with van der Waals surface area (Å²) in [6.45, 7) is 2.27. The van der Waals surface area contributed by atoms with Gasteiger partial charge in [0.15, 0.2) is 0 Å². The van der Waals surface area contributed by atoms with E-state index in [1.807, 2.05) is 6.92 Å². The molecule has 0 bridgehead atoms. The van der Waals surface area contributed by atoms with Gasteiger partial charge in [-0.1, -0.05) is 0 Å². The van der Waals surface area contributed by atoms with E-state index in [4.69, 9.17) is 9.89 Å². The molecule has 0 aromatic rings. The summed E-state index contributed by atoms with van der Waals surface area (Å²) >= 11 is 0. The van der Waals surface area contributed by atoms with Crippen LogP contribution in [0.3, 0.4) is 0 Å². The number of carbonyl (C=O) groups is 1. The number of hydrogen-bond acceptors (Lipinski definition) is 3. The van der Waals surface area contributed by atoms with Crippen LogP contribution >= 0.6 is 0 Å². The van der Waals surface area contributed by atoms with Crippen LogP contribution in [0.2, 0.25) is 0 Å². The molecule has 0 amide bonds. The van der Waals surface area contributed by atoms with Gasteiger partial charge in [-0.15, -0.1) is 0 Å². The number of carboxylic acids is 1. The van der Waals surface area contributed by atoms with Crippen molar-refractivity contribution in [1.82, 2.24) is 4.31 Å². The molecule has 0 saturated carbocycles. The largest absolute Gasteiger partial charge is 0.481 e. The van der Waals surface area contributed by atoms with Gasteiger partial charge in [0.05, 0.1) is 5.92 Å². The van der Waals surface area contributed by atoms with Crippen LogP contribution in [-0.2, 0) is 14.7 Å². The van der Waals surface area contributed by atoms with E-state index in [-0.39, 0.29) is 12.0 Å². The number of hydrogen-bond donors (Lipinski definition) is 2. The number of nitrogens with zero attached hydrogens (tertiary/aromatic N) is 1. The van der Waals surface area contributed by atoms with Crippen molar-refractivity contribution < 1.29 is 14.1 Å². The second-order valence-corrected chi connectivity index (χ2v) is 5.93. The van der Waals surface area contributed by atoms with Crippen molar-refractivity contribution in [2.45, 2.75) is 25.8 Å². The minimum atomic E-state index is -2.68. The molecule has 1 saturated heterocycles. The summed E-state index contributed by atoms with van der Waals surface area (Å²) in [7, 11) is -2.68. The minimum absolute atomic E-state index is 0.0835. The SMILES string of the molecule is CC1CC(C(=O)O)CCN1S(C)(=N)=O. The Bertz CT molecular complexity index is 325. The van der Waals surface area contributed by atoms with Gasteiger partial charge in [-0.05, 0) is 19.8 Å². The van der Waals surface area contributed by atoms with Crippen LogP contribution in [-0.4, -0.2) is 38.4 Å². The molecule has 0 radical (unpaired) electrons. The molecule has 5 nitrogen and oxygen atoms in total. The molecule has 6 heteroatoms. The van der Waals surface area contributed by atoms with Crippen molar-refractivity contribution in [3.8, 4) is 0 Å². The summed E-state index contributed by atoms with van der Waals surface area (Å²) in [5.74, 6) is -1.13. The summed E-state index contributed by atoms with van der Waals surface area (Å²) in [5, 5.41) is 8.81. The van der Waals surface area contributed by atoms with Crippen LogP contribution in [0.1, 0.15) is 19.8 Å². The van der Waals surface area contributed by atoms with Gasteiger partial charge in [0.25, 0.3) is 0 Å². The van der Waals surface area contributed by atoms with Gasteiger partial charge in [-0.2, -0.15) is 0 Å². The lowest BCUT2D eigenvalue weighted by molar-refractivity contribution is -0.143. The van der Waals surface area contributed by atoms with Gasteiger partial charge in [-0.3, -0.25) is 4.79 Å². The monoisotopic (exact) mass is 220 g/mol. The molecular formula is C8H16N2O3S. The molecule has 1 aliphatic heterocycles. The first kappa shape index (κ1) is 11.5. The zero-order valence-electron chi connectivity index (χ0n) is 8.40. The zero-order chi connectivity index (χ0) is 10.9. The Morgan fingerprint density at radius 3 is 2.57 bits per heavy atom. The highest BCUT2D eigenvalue weighted by Gasteiger charge is 2.32. The maximum Gasteiger partial charge on any atom is 0.306 e. The lowest BCUT2D eigenvalue weighted by Crippen LogP contribution is -2.45. The fourth-order valence-corrected chi connectivity index (χ4v) is 3.12. The van der Waals surface area contributed by atoms with Crippen LogP contribution in [0.25, 0.3) is 0 Å². The van der Waals surface area contributed by atoms with E-state index in [0.717, 1.165) is 0 Å². The average molecular weight is 220 g/mol. The number of rotatable bonds is 2. The van der Waals surface area contributed by atoms with Gasteiger partial charge < -0.3 is 5.11 Å². The van der Waals surface area contributed by atoms with E-state index in [0.29, 0.717) is 19.4 Å². The molecule has 14 heavy (non-hydrogen) atoms. The lowest BCUT2D eigenvalue weighted by Gasteiger charge is -2.35. The molecular weight excluding hydrogens is 204 g/mol. The van der Waals surface area contributed by atoms with Gasteiger partial charge in [0, 0.05) is 18.8 Å². The molecule has 0 aromatic heterocycles. The predicted octanol–water partition coefficient (Wildman–Crippen LogP) is 0.763. The van der Waals surface area contributed by atoms with Crippen molar-refractivity contribution >= 4 is 15.9 Å². The van der Waals surface area contributed by atoms with E-state index in [1.54, 1.807) is 4.31 Å². The fraction of sp³-hybridized carbons (Fsp3) is 0.875. The molecule has 0 aliphatic carbocycles. The first-order valence-electron chi connectivity index (χ1n) is 4.55.